The monoisotopic (exact) mass is 267 g/mol. The molecule has 19 heavy (non-hydrogen) atoms. The van der Waals surface area contributed by atoms with Crippen molar-refractivity contribution in [2.24, 2.45) is 7.05 Å². The normalized spacial score (nSPS) is 25.4. The van der Waals surface area contributed by atoms with Crippen molar-refractivity contribution in [2.45, 2.75) is 44.9 Å². The van der Waals surface area contributed by atoms with Gasteiger partial charge in [-0.25, -0.2) is 4.98 Å². The number of ether oxygens (including phenoxy) is 2. The van der Waals surface area contributed by atoms with Crippen LogP contribution in [0.25, 0.3) is 0 Å². The molecule has 0 amide bonds. The summed E-state index contributed by atoms with van der Waals surface area (Å²) in [5, 5.41) is 3.63. The third kappa shape index (κ3) is 4.03. The third-order valence-electron chi connectivity index (χ3n) is 3.56. The highest BCUT2D eigenvalue weighted by atomic mass is 16.5. The van der Waals surface area contributed by atoms with Gasteiger partial charge >= 0.3 is 0 Å². The van der Waals surface area contributed by atoms with Crippen LogP contribution in [0, 0.1) is 0 Å². The molecular formula is C14H25N3O2. The van der Waals surface area contributed by atoms with Crippen molar-refractivity contribution in [3.8, 4) is 0 Å². The second-order valence-electron chi connectivity index (χ2n) is 5.24. The summed E-state index contributed by atoms with van der Waals surface area (Å²) in [7, 11) is 2.01. The molecule has 0 radical (unpaired) electrons. The maximum Gasteiger partial charge on any atom is 0.100 e. The van der Waals surface area contributed by atoms with Gasteiger partial charge in [0.15, 0.2) is 0 Å². The van der Waals surface area contributed by atoms with Crippen molar-refractivity contribution >= 4 is 0 Å². The maximum absolute atomic E-state index is 5.86. The number of rotatable bonds is 6. The number of aryl methyl sites for hydroxylation is 1. The van der Waals surface area contributed by atoms with E-state index in [1.165, 1.54) is 0 Å². The van der Waals surface area contributed by atoms with Crippen LogP contribution in [0.3, 0.4) is 0 Å². The lowest BCUT2D eigenvalue weighted by atomic mass is 10.0. The van der Waals surface area contributed by atoms with E-state index in [1.807, 2.05) is 31.1 Å². The molecule has 0 saturated carbocycles. The minimum Gasteiger partial charge on any atom is -0.380 e. The molecule has 1 aromatic heterocycles. The van der Waals surface area contributed by atoms with Gasteiger partial charge in [0.1, 0.15) is 6.10 Å². The number of aromatic nitrogens is 2. The summed E-state index contributed by atoms with van der Waals surface area (Å²) in [4.78, 5) is 4.17. The first-order chi connectivity index (χ1) is 9.20. The molecule has 1 aliphatic rings. The van der Waals surface area contributed by atoms with Crippen LogP contribution in [0.5, 0.6) is 0 Å². The zero-order valence-electron chi connectivity index (χ0n) is 12.1. The quantitative estimate of drug-likeness (QED) is 0.851. The van der Waals surface area contributed by atoms with Gasteiger partial charge in [-0.05, 0) is 26.7 Å². The topological polar surface area (TPSA) is 48.3 Å². The standard InChI is InChI=1S/C14H25N3O2/c1-4-18-9-11(2)16-12-5-6-19-14(7-12)13-8-15-10-17(13)3/h8,10-12,14,16H,4-7,9H2,1-3H3/t11-,12+,14-/m0/s1. The van der Waals surface area contributed by atoms with Gasteiger partial charge in [0.05, 0.1) is 24.8 Å². The van der Waals surface area contributed by atoms with E-state index in [9.17, 15) is 0 Å². The molecule has 0 bridgehead atoms. The molecule has 5 nitrogen and oxygen atoms in total. The fraction of sp³-hybridized carbons (Fsp3) is 0.786. The Morgan fingerprint density at radius 2 is 2.47 bits per heavy atom. The smallest absolute Gasteiger partial charge is 0.100 e. The lowest BCUT2D eigenvalue weighted by Crippen LogP contribution is -2.43. The van der Waals surface area contributed by atoms with Gasteiger partial charge in [-0.15, -0.1) is 0 Å². The molecule has 0 unspecified atom stereocenters. The SMILES string of the molecule is CCOC[C@H](C)N[C@@H]1CCO[C@H](c2cncn2C)C1. The molecule has 108 valence electrons. The largest absolute Gasteiger partial charge is 0.380 e. The molecule has 1 aromatic rings. The molecule has 0 aliphatic carbocycles. The Hall–Kier alpha value is -0.910. The molecular weight excluding hydrogens is 242 g/mol. The highest BCUT2D eigenvalue weighted by Crippen LogP contribution is 2.27. The molecule has 3 atom stereocenters. The van der Waals surface area contributed by atoms with Crippen molar-refractivity contribution in [1.29, 1.82) is 0 Å². The maximum atomic E-state index is 5.86. The average molecular weight is 267 g/mol. The Morgan fingerprint density at radius 3 is 3.16 bits per heavy atom. The number of nitrogens with one attached hydrogen (secondary N) is 1. The molecule has 0 spiro atoms. The second kappa shape index (κ2) is 7.03. The van der Waals surface area contributed by atoms with Crippen molar-refractivity contribution < 1.29 is 9.47 Å². The van der Waals surface area contributed by atoms with E-state index in [1.54, 1.807) is 0 Å². The number of nitrogens with zero attached hydrogens (tertiary/aromatic N) is 2. The molecule has 1 fully saturated rings. The fourth-order valence-corrected chi connectivity index (χ4v) is 2.58. The van der Waals surface area contributed by atoms with Crippen LogP contribution in [0.15, 0.2) is 12.5 Å². The summed E-state index contributed by atoms with van der Waals surface area (Å²) in [6.45, 7) is 6.54. The molecule has 1 aliphatic heterocycles. The fourth-order valence-electron chi connectivity index (χ4n) is 2.58. The Labute approximate surface area is 115 Å². The lowest BCUT2D eigenvalue weighted by Gasteiger charge is -2.32. The van der Waals surface area contributed by atoms with Crippen molar-refractivity contribution in [3.05, 3.63) is 18.2 Å². The van der Waals surface area contributed by atoms with Crippen LogP contribution >= 0.6 is 0 Å². The summed E-state index contributed by atoms with van der Waals surface area (Å²) in [5.41, 5.74) is 1.16. The minimum absolute atomic E-state index is 0.151. The number of imidazole rings is 1. The zero-order chi connectivity index (χ0) is 13.7. The summed E-state index contributed by atoms with van der Waals surface area (Å²) in [5.74, 6) is 0. The molecule has 2 heterocycles. The molecule has 5 heteroatoms. The highest BCUT2D eigenvalue weighted by molar-refractivity contribution is 5.04. The van der Waals surface area contributed by atoms with Crippen molar-refractivity contribution in [1.82, 2.24) is 14.9 Å². The van der Waals surface area contributed by atoms with E-state index < -0.39 is 0 Å². The van der Waals surface area contributed by atoms with E-state index in [0.29, 0.717) is 12.1 Å². The first-order valence-electron chi connectivity index (χ1n) is 7.12. The van der Waals surface area contributed by atoms with Crippen LogP contribution in [-0.2, 0) is 16.5 Å². The van der Waals surface area contributed by atoms with Gasteiger partial charge in [-0.2, -0.15) is 0 Å². The van der Waals surface area contributed by atoms with Crippen LogP contribution in [0.1, 0.15) is 38.5 Å². The van der Waals surface area contributed by atoms with Gasteiger partial charge in [-0.3, -0.25) is 0 Å². The second-order valence-corrected chi connectivity index (χ2v) is 5.24. The van der Waals surface area contributed by atoms with Crippen LogP contribution in [-0.4, -0.2) is 41.5 Å². The van der Waals surface area contributed by atoms with Gasteiger partial charge in [-0.1, -0.05) is 0 Å². The van der Waals surface area contributed by atoms with Gasteiger partial charge in [0, 0.05) is 32.3 Å². The first kappa shape index (κ1) is 14.5. The Balaban J connectivity index is 1.85. The van der Waals surface area contributed by atoms with E-state index in [-0.39, 0.29) is 6.10 Å². The van der Waals surface area contributed by atoms with E-state index in [4.69, 9.17) is 9.47 Å². The zero-order valence-corrected chi connectivity index (χ0v) is 12.1. The third-order valence-corrected chi connectivity index (χ3v) is 3.56. The molecule has 1 saturated heterocycles. The summed E-state index contributed by atoms with van der Waals surface area (Å²) in [6.07, 6.45) is 5.93. The Morgan fingerprint density at radius 1 is 1.63 bits per heavy atom. The summed E-state index contributed by atoms with van der Waals surface area (Å²) < 4.78 is 13.3. The predicted molar refractivity (Wildman–Crippen MR) is 74.0 cm³/mol. The molecule has 0 aromatic carbocycles. The van der Waals surface area contributed by atoms with Crippen LogP contribution in [0.2, 0.25) is 0 Å². The van der Waals surface area contributed by atoms with Crippen molar-refractivity contribution in [2.75, 3.05) is 19.8 Å². The van der Waals surface area contributed by atoms with Crippen LogP contribution < -0.4 is 5.32 Å². The summed E-state index contributed by atoms with van der Waals surface area (Å²) >= 11 is 0. The molecule has 2 rings (SSSR count). The van der Waals surface area contributed by atoms with Gasteiger partial charge < -0.3 is 19.4 Å². The van der Waals surface area contributed by atoms with E-state index in [0.717, 1.165) is 38.4 Å². The van der Waals surface area contributed by atoms with Gasteiger partial charge in [0.25, 0.3) is 0 Å². The summed E-state index contributed by atoms with van der Waals surface area (Å²) in [6, 6.07) is 0.874. The molecule has 1 N–H and O–H groups in total. The average Bonchev–Trinajstić information content (AvgIpc) is 2.83. The van der Waals surface area contributed by atoms with Crippen molar-refractivity contribution in [3.63, 3.8) is 0 Å². The number of hydrogen-bond donors (Lipinski definition) is 1. The first-order valence-corrected chi connectivity index (χ1v) is 7.12. The van der Waals surface area contributed by atoms with Gasteiger partial charge in [0.2, 0.25) is 0 Å². The minimum atomic E-state index is 0.151. The van der Waals surface area contributed by atoms with Crippen LogP contribution in [0.4, 0.5) is 0 Å². The Bertz CT molecular complexity index is 381. The van der Waals surface area contributed by atoms with E-state index in [2.05, 4.69) is 17.2 Å². The van der Waals surface area contributed by atoms with E-state index >= 15 is 0 Å². The Kier molecular flexibility index (Phi) is 5.36. The number of hydrogen-bond acceptors (Lipinski definition) is 4. The predicted octanol–water partition coefficient (Wildman–Crippen LogP) is 1.65. The highest BCUT2D eigenvalue weighted by Gasteiger charge is 2.26. The lowest BCUT2D eigenvalue weighted by molar-refractivity contribution is -0.00764.